The second-order valence-electron chi connectivity index (χ2n) is 10.4. The summed E-state index contributed by atoms with van der Waals surface area (Å²) in [5.74, 6) is 2.31. The molecule has 0 aliphatic carbocycles. The number of methoxy groups -OCH3 is 1. The Morgan fingerprint density at radius 2 is 1.74 bits per heavy atom. The van der Waals surface area contributed by atoms with Crippen molar-refractivity contribution in [1.82, 2.24) is 39.5 Å². The van der Waals surface area contributed by atoms with Gasteiger partial charge in [0.05, 0.1) is 19.1 Å². The highest BCUT2D eigenvalue weighted by Crippen LogP contribution is 2.34. The normalized spacial score (nSPS) is 13.4. The number of halogens is 3. The predicted molar refractivity (Wildman–Crippen MR) is 158 cm³/mol. The van der Waals surface area contributed by atoms with E-state index in [9.17, 15) is 13.2 Å². The number of imidazole rings is 2. The number of ether oxygens (including phenoxy) is 1. The fraction of sp³-hybridized carbons (Fsp3) is 0.400. The van der Waals surface area contributed by atoms with E-state index in [0.29, 0.717) is 28.7 Å². The van der Waals surface area contributed by atoms with Crippen LogP contribution in [0.2, 0.25) is 0 Å². The van der Waals surface area contributed by atoms with Crippen molar-refractivity contribution in [1.29, 1.82) is 0 Å². The summed E-state index contributed by atoms with van der Waals surface area (Å²) in [5.41, 5.74) is 3.02. The number of H-pyrrole nitrogens is 1. The zero-order valence-corrected chi connectivity index (χ0v) is 24.6. The molecule has 0 saturated carbocycles. The number of hydrogen-bond donors (Lipinski definition) is 1. The lowest BCUT2D eigenvalue weighted by molar-refractivity contribution is -0.140. The number of alkyl halides is 3. The van der Waals surface area contributed by atoms with Crippen LogP contribution < -0.4 is 9.64 Å². The minimum absolute atomic E-state index is 0.0798. The van der Waals surface area contributed by atoms with Gasteiger partial charge in [0.2, 0.25) is 5.88 Å². The first-order valence-electron chi connectivity index (χ1n) is 14.3. The molecule has 0 atom stereocenters. The third kappa shape index (κ3) is 6.45. The summed E-state index contributed by atoms with van der Waals surface area (Å²) in [6.45, 7) is 7.76. The van der Waals surface area contributed by atoms with Crippen LogP contribution in [0.15, 0.2) is 49.2 Å². The highest BCUT2D eigenvalue weighted by atomic mass is 19.4. The van der Waals surface area contributed by atoms with Crippen LogP contribution in [0.5, 0.6) is 5.88 Å². The van der Waals surface area contributed by atoms with Crippen LogP contribution in [-0.2, 0) is 12.6 Å². The van der Waals surface area contributed by atoms with Crippen molar-refractivity contribution in [2.75, 3.05) is 25.1 Å². The molecule has 0 bridgehead atoms. The minimum Gasteiger partial charge on any atom is -0.480 e. The van der Waals surface area contributed by atoms with Crippen molar-refractivity contribution in [2.24, 2.45) is 0 Å². The van der Waals surface area contributed by atoms with Crippen molar-refractivity contribution < 1.29 is 17.9 Å². The van der Waals surface area contributed by atoms with Gasteiger partial charge in [0.15, 0.2) is 23.0 Å². The topological polar surface area (TPSA) is 111 Å². The van der Waals surface area contributed by atoms with Gasteiger partial charge in [-0.15, -0.1) is 0 Å². The molecule has 10 nitrogen and oxygen atoms in total. The Labute approximate surface area is 247 Å². The average Bonchev–Trinajstić information content (AvgIpc) is 3.78. The van der Waals surface area contributed by atoms with Crippen molar-refractivity contribution in [3.63, 3.8) is 0 Å². The van der Waals surface area contributed by atoms with Gasteiger partial charge in [-0.05, 0) is 33.1 Å². The zero-order valence-electron chi connectivity index (χ0n) is 24.6. The summed E-state index contributed by atoms with van der Waals surface area (Å²) in [6.07, 6.45) is 3.97. The molecular weight excluding hydrogens is 559 g/mol. The second kappa shape index (κ2) is 12.8. The molecule has 4 aromatic heterocycles. The van der Waals surface area contributed by atoms with Gasteiger partial charge in [-0.3, -0.25) is 0 Å². The highest BCUT2D eigenvalue weighted by Gasteiger charge is 2.35. The fourth-order valence-electron chi connectivity index (χ4n) is 5.02. The number of hydrogen-bond acceptors (Lipinski definition) is 8. The van der Waals surface area contributed by atoms with Crippen LogP contribution >= 0.6 is 0 Å². The molecule has 0 amide bonds. The van der Waals surface area contributed by atoms with Gasteiger partial charge in [-0.25, -0.2) is 29.9 Å². The van der Waals surface area contributed by atoms with Crippen molar-refractivity contribution in [2.45, 2.75) is 58.7 Å². The Kier molecular flexibility index (Phi) is 8.88. The smallest absolute Gasteiger partial charge is 0.434 e. The molecule has 1 fully saturated rings. The maximum atomic E-state index is 12.7. The lowest BCUT2D eigenvalue weighted by Crippen LogP contribution is -2.20. The number of aryl methyl sites for hydroxylation is 1. The van der Waals surface area contributed by atoms with E-state index >= 15 is 0 Å². The standard InChI is InChI=1S/C17H21N7O.C13H13F3N2/c1-3-6-11-12(17(25-2)21-9-18-11)14-22-15-13(19-10-20-15)16(23-14)24-7-4-5-8-24;1-9(2)18-8-11(13(14,15)16)17-12(18)10-6-4-3-5-7-10/h9-10H,3-8H2,1-2H3,(H,19,20,22,23);3-9H,1-2H3. The Balaban J connectivity index is 0.000000181. The quantitative estimate of drug-likeness (QED) is 0.227. The molecule has 13 heteroatoms. The third-order valence-corrected chi connectivity index (χ3v) is 7.08. The van der Waals surface area contributed by atoms with Gasteiger partial charge >= 0.3 is 6.18 Å². The number of benzene rings is 1. The lowest BCUT2D eigenvalue weighted by atomic mass is 10.1. The maximum absolute atomic E-state index is 12.7. The minimum atomic E-state index is -4.41. The molecule has 5 heterocycles. The maximum Gasteiger partial charge on any atom is 0.434 e. The summed E-state index contributed by atoms with van der Waals surface area (Å²) < 4.78 is 45.1. The molecule has 1 aromatic carbocycles. The molecule has 1 aliphatic rings. The molecule has 6 rings (SSSR count). The Morgan fingerprint density at radius 3 is 2.40 bits per heavy atom. The predicted octanol–water partition coefficient (Wildman–Crippen LogP) is 6.52. The molecule has 0 radical (unpaired) electrons. The van der Waals surface area contributed by atoms with Crippen LogP contribution in [-0.4, -0.2) is 59.7 Å². The molecular formula is C30H34F3N9O. The summed E-state index contributed by atoms with van der Waals surface area (Å²) in [5, 5.41) is 0. The van der Waals surface area contributed by atoms with Gasteiger partial charge in [-0.2, -0.15) is 13.2 Å². The molecule has 1 saturated heterocycles. The Bertz CT molecular complexity index is 1660. The number of fused-ring (bicyclic) bond motifs is 1. The van der Waals surface area contributed by atoms with Gasteiger partial charge in [0.25, 0.3) is 0 Å². The van der Waals surface area contributed by atoms with Gasteiger partial charge < -0.3 is 19.2 Å². The molecule has 43 heavy (non-hydrogen) atoms. The van der Waals surface area contributed by atoms with E-state index < -0.39 is 11.9 Å². The molecule has 0 spiro atoms. The van der Waals surface area contributed by atoms with Crippen LogP contribution in [0, 0.1) is 0 Å². The average molecular weight is 594 g/mol. The highest BCUT2D eigenvalue weighted by molar-refractivity contribution is 5.86. The zero-order chi connectivity index (χ0) is 30.6. The van der Waals surface area contributed by atoms with E-state index in [2.05, 4.69) is 41.7 Å². The van der Waals surface area contributed by atoms with Gasteiger partial charge in [-0.1, -0.05) is 43.7 Å². The molecule has 1 aliphatic heterocycles. The first kappa shape index (κ1) is 29.9. The molecule has 5 aromatic rings. The number of anilines is 1. The van der Waals surface area contributed by atoms with E-state index in [1.807, 2.05) is 19.9 Å². The first-order chi connectivity index (χ1) is 20.7. The number of aromatic amines is 1. The summed E-state index contributed by atoms with van der Waals surface area (Å²) in [6, 6.07) is 8.80. The van der Waals surface area contributed by atoms with E-state index in [-0.39, 0.29) is 6.04 Å². The van der Waals surface area contributed by atoms with E-state index in [1.165, 1.54) is 23.7 Å². The first-order valence-corrected chi connectivity index (χ1v) is 14.3. The number of nitrogens with one attached hydrogen (secondary N) is 1. The van der Waals surface area contributed by atoms with Gasteiger partial charge in [0, 0.05) is 30.9 Å². The van der Waals surface area contributed by atoms with Crippen molar-refractivity contribution in [3.05, 3.63) is 60.6 Å². The second-order valence-corrected chi connectivity index (χ2v) is 10.4. The fourth-order valence-corrected chi connectivity index (χ4v) is 5.02. The number of aromatic nitrogens is 8. The number of nitrogens with zero attached hydrogens (tertiary/aromatic N) is 8. The number of rotatable bonds is 7. The van der Waals surface area contributed by atoms with E-state index in [1.54, 1.807) is 37.7 Å². The molecule has 226 valence electrons. The summed E-state index contributed by atoms with van der Waals surface area (Å²) in [7, 11) is 1.61. The van der Waals surface area contributed by atoms with E-state index in [4.69, 9.17) is 9.72 Å². The summed E-state index contributed by atoms with van der Waals surface area (Å²) >= 11 is 0. The Hall–Kier alpha value is -4.55. The summed E-state index contributed by atoms with van der Waals surface area (Å²) in [4.78, 5) is 31.7. The van der Waals surface area contributed by atoms with Crippen molar-refractivity contribution in [3.8, 4) is 28.7 Å². The largest absolute Gasteiger partial charge is 0.480 e. The van der Waals surface area contributed by atoms with Crippen LogP contribution in [0.4, 0.5) is 19.0 Å². The van der Waals surface area contributed by atoms with Crippen LogP contribution in [0.3, 0.4) is 0 Å². The van der Waals surface area contributed by atoms with E-state index in [0.717, 1.165) is 54.7 Å². The van der Waals surface area contributed by atoms with Crippen LogP contribution in [0.1, 0.15) is 57.5 Å². The molecule has 1 N–H and O–H groups in total. The van der Waals surface area contributed by atoms with Gasteiger partial charge in [0.1, 0.15) is 23.2 Å². The third-order valence-electron chi connectivity index (χ3n) is 7.08. The monoisotopic (exact) mass is 593 g/mol. The SMILES string of the molecule is CC(C)n1cc(C(F)(F)F)nc1-c1ccccc1.CCCc1ncnc(OC)c1-c1nc(N2CCCC2)c2[nH]cnc2n1. The lowest BCUT2D eigenvalue weighted by Gasteiger charge is -2.18. The Morgan fingerprint density at radius 1 is 1.00 bits per heavy atom. The van der Waals surface area contributed by atoms with Crippen molar-refractivity contribution >= 4 is 17.0 Å². The molecule has 0 unspecified atom stereocenters. The van der Waals surface area contributed by atoms with Crippen LogP contribution in [0.25, 0.3) is 33.9 Å².